The first kappa shape index (κ1) is 17.5. The standard InChI is InChI=1S/C15H15FNO4PS/c1-11(15(18)19)17-22(20,21-13-5-3-2-4-6-13)23-14-9-7-12(16)8-10-14/h2-11H,1H3,(H,17,20)(H,18,19). The topological polar surface area (TPSA) is 75.6 Å². The Balaban J connectivity index is 2.24. The molecule has 2 aromatic rings. The molecule has 0 saturated carbocycles. The molecule has 2 rings (SSSR count). The van der Waals surface area contributed by atoms with Gasteiger partial charge in [0.15, 0.2) is 0 Å². The molecule has 0 fully saturated rings. The van der Waals surface area contributed by atoms with Crippen LogP contribution in [-0.4, -0.2) is 17.1 Å². The van der Waals surface area contributed by atoms with Crippen LogP contribution >= 0.6 is 18.1 Å². The van der Waals surface area contributed by atoms with E-state index in [1.165, 1.54) is 31.2 Å². The number of nitrogens with one attached hydrogen (secondary N) is 1. The summed E-state index contributed by atoms with van der Waals surface area (Å²) in [4.78, 5) is 11.5. The van der Waals surface area contributed by atoms with Crippen molar-refractivity contribution in [1.82, 2.24) is 5.09 Å². The Morgan fingerprint density at radius 3 is 2.39 bits per heavy atom. The van der Waals surface area contributed by atoms with Gasteiger partial charge in [-0.05, 0) is 54.7 Å². The van der Waals surface area contributed by atoms with Crippen molar-refractivity contribution in [3.05, 3.63) is 60.4 Å². The van der Waals surface area contributed by atoms with Crippen LogP contribution in [0, 0.1) is 5.82 Å². The fourth-order valence-corrected chi connectivity index (χ4v) is 5.48. The van der Waals surface area contributed by atoms with E-state index in [2.05, 4.69) is 5.09 Å². The number of carbonyl (C=O) groups is 1. The first-order valence-corrected chi connectivity index (χ1v) is 9.73. The zero-order chi connectivity index (χ0) is 16.9. The van der Waals surface area contributed by atoms with Crippen molar-refractivity contribution in [2.24, 2.45) is 0 Å². The molecule has 0 aliphatic heterocycles. The van der Waals surface area contributed by atoms with Crippen LogP contribution in [0.4, 0.5) is 4.39 Å². The average molecular weight is 355 g/mol. The third kappa shape index (κ3) is 5.39. The Bertz CT molecular complexity index is 711. The molecule has 2 unspecified atom stereocenters. The Hall–Kier alpha value is -1.82. The van der Waals surface area contributed by atoms with Crippen molar-refractivity contribution in [3.63, 3.8) is 0 Å². The summed E-state index contributed by atoms with van der Waals surface area (Å²) < 4.78 is 31.5. The summed E-state index contributed by atoms with van der Waals surface area (Å²) in [7, 11) is 0. The highest BCUT2D eigenvalue weighted by Gasteiger charge is 2.31. The number of carboxylic acids is 1. The first-order chi connectivity index (χ1) is 10.9. The lowest BCUT2D eigenvalue weighted by Crippen LogP contribution is -2.31. The van der Waals surface area contributed by atoms with E-state index in [9.17, 15) is 13.8 Å². The van der Waals surface area contributed by atoms with E-state index in [1.54, 1.807) is 30.3 Å². The summed E-state index contributed by atoms with van der Waals surface area (Å²) >= 11 is 0.833. The van der Waals surface area contributed by atoms with Gasteiger partial charge < -0.3 is 9.63 Å². The van der Waals surface area contributed by atoms with Crippen molar-refractivity contribution in [2.75, 3.05) is 0 Å². The molecule has 0 aliphatic rings. The van der Waals surface area contributed by atoms with Gasteiger partial charge in [-0.2, -0.15) is 0 Å². The molecule has 8 heteroatoms. The van der Waals surface area contributed by atoms with E-state index < -0.39 is 24.5 Å². The van der Waals surface area contributed by atoms with Gasteiger partial charge in [0.1, 0.15) is 17.6 Å². The van der Waals surface area contributed by atoms with Crippen molar-refractivity contribution < 1.29 is 23.4 Å². The highest BCUT2D eigenvalue weighted by Crippen LogP contribution is 2.59. The second-order valence-corrected chi connectivity index (χ2v) is 8.72. The third-order valence-electron chi connectivity index (χ3n) is 2.73. The molecule has 5 nitrogen and oxygen atoms in total. The number of halogens is 1. The highest BCUT2D eigenvalue weighted by molar-refractivity contribution is 8.56. The summed E-state index contributed by atoms with van der Waals surface area (Å²) in [6.45, 7) is -2.26. The molecular formula is C15H15FNO4PS. The molecule has 0 aliphatic carbocycles. The molecule has 0 saturated heterocycles. The van der Waals surface area contributed by atoms with Crippen LogP contribution in [0.1, 0.15) is 6.92 Å². The van der Waals surface area contributed by atoms with Crippen molar-refractivity contribution >= 4 is 24.1 Å². The van der Waals surface area contributed by atoms with Crippen LogP contribution in [0.15, 0.2) is 59.5 Å². The number of para-hydroxylation sites is 1. The maximum Gasteiger partial charge on any atom is 0.379 e. The van der Waals surface area contributed by atoms with Crippen LogP contribution in [-0.2, 0) is 9.36 Å². The van der Waals surface area contributed by atoms with Crippen LogP contribution in [0.5, 0.6) is 5.75 Å². The SMILES string of the molecule is CC(NP(=O)(Oc1ccccc1)Sc1ccc(F)cc1)C(=O)O. The number of rotatable bonds is 7. The Morgan fingerprint density at radius 1 is 1.22 bits per heavy atom. The summed E-state index contributed by atoms with van der Waals surface area (Å²) in [6.07, 6.45) is 0. The minimum absolute atomic E-state index is 0.343. The summed E-state index contributed by atoms with van der Waals surface area (Å²) in [5.41, 5.74) is 0. The molecule has 0 spiro atoms. The van der Waals surface area contributed by atoms with Crippen molar-refractivity contribution in [2.45, 2.75) is 17.9 Å². The van der Waals surface area contributed by atoms with E-state index in [4.69, 9.17) is 9.63 Å². The number of aliphatic carboxylic acids is 1. The number of hydrogen-bond donors (Lipinski definition) is 2. The summed E-state index contributed by atoms with van der Waals surface area (Å²) in [5, 5.41) is 11.5. The van der Waals surface area contributed by atoms with Gasteiger partial charge in [-0.25, -0.2) is 14.0 Å². The van der Waals surface area contributed by atoms with Gasteiger partial charge in [0, 0.05) is 4.90 Å². The molecule has 2 N–H and O–H groups in total. The molecule has 122 valence electrons. The predicted octanol–water partition coefficient (Wildman–Crippen LogP) is 4.17. The fourth-order valence-electron chi connectivity index (χ4n) is 1.62. The highest BCUT2D eigenvalue weighted by atomic mass is 32.7. The van der Waals surface area contributed by atoms with E-state index >= 15 is 0 Å². The average Bonchev–Trinajstić information content (AvgIpc) is 2.50. The fraction of sp³-hybridized carbons (Fsp3) is 0.133. The maximum absolute atomic E-state index is 13.0. The van der Waals surface area contributed by atoms with Crippen LogP contribution in [0.25, 0.3) is 0 Å². The lowest BCUT2D eigenvalue weighted by atomic mass is 10.3. The molecular weight excluding hydrogens is 340 g/mol. The van der Waals surface area contributed by atoms with E-state index in [0.717, 1.165) is 11.4 Å². The second kappa shape index (κ2) is 7.64. The molecule has 0 radical (unpaired) electrons. The van der Waals surface area contributed by atoms with Gasteiger partial charge >= 0.3 is 12.7 Å². The smallest absolute Gasteiger partial charge is 0.379 e. The lowest BCUT2D eigenvalue weighted by molar-refractivity contribution is -0.138. The first-order valence-electron chi connectivity index (χ1n) is 6.68. The van der Waals surface area contributed by atoms with Gasteiger partial charge in [-0.1, -0.05) is 18.2 Å². The predicted molar refractivity (Wildman–Crippen MR) is 87.2 cm³/mol. The second-order valence-electron chi connectivity index (χ2n) is 4.64. The number of benzene rings is 2. The van der Waals surface area contributed by atoms with Crippen LogP contribution < -0.4 is 9.61 Å². The molecule has 0 aromatic heterocycles. The monoisotopic (exact) mass is 355 g/mol. The lowest BCUT2D eigenvalue weighted by Gasteiger charge is -2.21. The van der Waals surface area contributed by atoms with Crippen LogP contribution in [0.2, 0.25) is 0 Å². The third-order valence-corrected chi connectivity index (χ3v) is 6.50. The van der Waals surface area contributed by atoms with Gasteiger partial charge in [0.2, 0.25) is 0 Å². The largest absolute Gasteiger partial charge is 0.480 e. The van der Waals surface area contributed by atoms with Gasteiger partial charge in [-0.15, -0.1) is 0 Å². The van der Waals surface area contributed by atoms with Crippen molar-refractivity contribution in [3.8, 4) is 5.75 Å². The van der Waals surface area contributed by atoms with Crippen LogP contribution in [0.3, 0.4) is 0 Å². The summed E-state index contributed by atoms with van der Waals surface area (Å²) in [6, 6.07) is 12.7. The molecule has 23 heavy (non-hydrogen) atoms. The van der Waals surface area contributed by atoms with E-state index in [0.29, 0.717) is 10.6 Å². The Labute approximate surface area is 137 Å². The molecule has 2 atom stereocenters. The minimum atomic E-state index is -3.62. The van der Waals surface area contributed by atoms with E-state index in [-0.39, 0.29) is 0 Å². The normalized spacial score (nSPS) is 14.7. The van der Waals surface area contributed by atoms with Gasteiger partial charge in [0.05, 0.1) is 0 Å². The number of carboxylic acid groups (broad SMARTS) is 1. The zero-order valence-corrected chi connectivity index (χ0v) is 13.9. The van der Waals surface area contributed by atoms with Crippen molar-refractivity contribution in [1.29, 1.82) is 0 Å². The quantitative estimate of drug-likeness (QED) is 0.726. The Kier molecular flexibility index (Phi) is 5.82. The molecule has 0 heterocycles. The zero-order valence-electron chi connectivity index (χ0n) is 12.2. The number of hydrogen-bond acceptors (Lipinski definition) is 4. The maximum atomic E-state index is 13.0. The minimum Gasteiger partial charge on any atom is -0.480 e. The molecule has 0 bridgehead atoms. The van der Waals surface area contributed by atoms with Gasteiger partial charge in [-0.3, -0.25) is 4.79 Å². The molecule has 0 amide bonds. The van der Waals surface area contributed by atoms with Gasteiger partial charge in [0.25, 0.3) is 0 Å². The molecule has 2 aromatic carbocycles. The Morgan fingerprint density at radius 2 is 1.83 bits per heavy atom. The summed E-state index contributed by atoms with van der Waals surface area (Å²) in [5.74, 6) is -1.22. The van der Waals surface area contributed by atoms with E-state index in [1.807, 2.05) is 0 Å².